The Kier molecular flexibility index (Phi) is 6.40. The van der Waals surface area contributed by atoms with Gasteiger partial charge in [-0.05, 0) is 42.6 Å². The van der Waals surface area contributed by atoms with Gasteiger partial charge in [0.2, 0.25) is 5.91 Å². The van der Waals surface area contributed by atoms with E-state index in [2.05, 4.69) is 34.7 Å². The molecule has 0 unspecified atom stereocenters. The Bertz CT molecular complexity index is 762. The van der Waals surface area contributed by atoms with Crippen LogP contribution in [0, 0.1) is 11.2 Å². The van der Waals surface area contributed by atoms with Gasteiger partial charge in [-0.15, -0.1) is 11.3 Å². The maximum atomic E-state index is 13.2. The van der Waals surface area contributed by atoms with E-state index < -0.39 is 5.41 Å². The Morgan fingerprint density at radius 1 is 1.18 bits per heavy atom. The van der Waals surface area contributed by atoms with Crippen LogP contribution in [-0.2, 0) is 4.79 Å². The number of carbonyl (C=O) groups is 1. The van der Waals surface area contributed by atoms with E-state index in [-0.39, 0.29) is 23.8 Å². The van der Waals surface area contributed by atoms with E-state index in [1.807, 2.05) is 32.9 Å². The lowest BCUT2D eigenvalue weighted by Crippen LogP contribution is -3.16. The molecule has 152 valence electrons. The van der Waals surface area contributed by atoms with Gasteiger partial charge >= 0.3 is 0 Å². The third-order valence-electron chi connectivity index (χ3n) is 5.43. The fourth-order valence-electron chi connectivity index (χ4n) is 3.79. The number of carbonyl (C=O) groups excluding carboxylic acids is 1. The second-order valence-electron chi connectivity index (χ2n) is 8.63. The lowest BCUT2D eigenvalue weighted by Gasteiger charge is -2.39. The van der Waals surface area contributed by atoms with Crippen LogP contribution in [0.25, 0.3) is 0 Å². The number of benzene rings is 1. The smallest absolute Gasteiger partial charge is 0.225 e. The minimum atomic E-state index is -0.398. The number of thiophene rings is 1. The topological polar surface area (TPSA) is 36.8 Å². The number of rotatable bonds is 5. The van der Waals surface area contributed by atoms with Crippen LogP contribution in [0.15, 0.2) is 41.8 Å². The van der Waals surface area contributed by atoms with E-state index in [0.29, 0.717) is 0 Å². The van der Waals surface area contributed by atoms with Gasteiger partial charge in [-0.25, -0.2) is 4.39 Å². The fourth-order valence-corrected chi connectivity index (χ4v) is 4.78. The molecule has 0 spiro atoms. The molecule has 1 amide bonds. The normalized spacial score (nSPS) is 18.0. The van der Waals surface area contributed by atoms with Crippen LogP contribution in [-0.4, -0.2) is 38.1 Å². The lowest BCUT2D eigenvalue weighted by atomic mass is 9.94. The molecule has 0 bridgehead atoms. The number of halogens is 1. The molecule has 1 fully saturated rings. The van der Waals surface area contributed by atoms with Crippen molar-refractivity contribution in [2.45, 2.75) is 39.8 Å². The van der Waals surface area contributed by atoms with Gasteiger partial charge in [-0.1, -0.05) is 26.8 Å². The van der Waals surface area contributed by atoms with Gasteiger partial charge in [-0.2, -0.15) is 0 Å². The maximum Gasteiger partial charge on any atom is 0.225 e. The first-order chi connectivity index (χ1) is 13.3. The lowest BCUT2D eigenvalue weighted by molar-refractivity contribution is -0.933. The first kappa shape index (κ1) is 20.8. The zero-order valence-corrected chi connectivity index (χ0v) is 18.0. The Morgan fingerprint density at radius 3 is 2.36 bits per heavy atom. The van der Waals surface area contributed by atoms with Crippen LogP contribution >= 0.6 is 11.3 Å². The summed E-state index contributed by atoms with van der Waals surface area (Å²) in [5.74, 6) is -0.111. The van der Waals surface area contributed by atoms with Crippen molar-refractivity contribution in [1.82, 2.24) is 5.32 Å². The summed E-state index contributed by atoms with van der Waals surface area (Å²) in [6.45, 7) is 11.8. The molecule has 0 aliphatic carbocycles. The summed E-state index contributed by atoms with van der Waals surface area (Å²) >= 11 is 1.76. The Labute approximate surface area is 171 Å². The third-order valence-corrected chi connectivity index (χ3v) is 6.38. The van der Waals surface area contributed by atoms with E-state index in [4.69, 9.17) is 0 Å². The van der Waals surface area contributed by atoms with Gasteiger partial charge in [0.15, 0.2) is 0 Å². The molecule has 2 atom stereocenters. The Morgan fingerprint density at radius 2 is 1.82 bits per heavy atom. The molecule has 2 aromatic rings. The SMILES string of the molecule is C[C@@H](NC(=O)C(C)(C)C)[C@@H](c1cccs1)[NH+]1CCN(c2ccc(F)cc2)CC1. The summed E-state index contributed by atoms with van der Waals surface area (Å²) in [6, 6.07) is 11.3. The number of nitrogens with one attached hydrogen (secondary N) is 2. The number of hydrogen-bond acceptors (Lipinski definition) is 3. The van der Waals surface area contributed by atoms with Crippen molar-refractivity contribution in [1.29, 1.82) is 0 Å². The van der Waals surface area contributed by atoms with E-state index >= 15 is 0 Å². The predicted molar refractivity (Wildman–Crippen MR) is 113 cm³/mol. The second kappa shape index (κ2) is 8.62. The molecule has 0 saturated carbocycles. The van der Waals surface area contributed by atoms with Crippen LogP contribution in [0.5, 0.6) is 0 Å². The van der Waals surface area contributed by atoms with Gasteiger partial charge in [0.25, 0.3) is 0 Å². The van der Waals surface area contributed by atoms with Crippen LogP contribution < -0.4 is 15.1 Å². The van der Waals surface area contributed by atoms with Gasteiger partial charge < -0.3 is 15.1 Å². The number of hydrogen-bond donors (Lipinski definition) is 2. The van der Waals surface area contributed by atoms with Gasteiger partial charge in [-0.3, -0.25) is 4.79 Å². The zero-order valence-electron chi connectivity index (χ0n) is 17.2. The molecule has 0 radical (unpaired) electrons. The molecule has 4 nitrogen and oxygen atoms in total. The predicted octanol–water partition coefficient (Wildman–Crippen LogP) is 2.88. The highest BCUT2D eigenvalue weighted by molar-refractivity contribution is 7.10. The van der Waals surface area contributed by atoms with Crippen molar-refractivity contribution in [3.63, 3.8) is 0 Å². The van der Waals surface area contributed by atoms with Gasteiger partial charge in [0.05, 0.1) is 37.1 Å². The third kappa shape index (κ3) is 4.92. The highest BCUT2D eigenvalue weighted by atomic mass is 32.1. The van der Waals surface area contributed by atoms with Crippen LogP contribution in [0.1, 0.15) is 38.6 Å². The van der Waals surface area contributed by atoms with Crippen molar-refractivity contribution in [3.8, 4) is 0 Å². The van der Waals surface area contributed by atoms with E-state index in [1.165, 1.54) is 21.9 Å². The van der Waals surface area contributed by atoms with Crippen molar-refractivity contribution in [3.05, 3.63) is 52.5 Å². The van der Waals surface area contributed by atoms with E-state index in [1.54, 1.807) is 11.3 Å². The second-order valence-corrected chi connectivity index (χ2v) is 9.61. The number of piperazine rings is 1. The van der Waals surface area contributed by atoms with Crippen LogP contribution in [0.2, 0.25) is 0 Å². The summed E-state index contributed by atoms with van der Waals surface area (Å²) < 4.78 is 13.2. The molecular weight excluding hydrogens is 373 g/mol. The van der Waals surface area contributed by atoms with Crippen molar-refractivity contribution in [2.24, 2.45) is 5.41 Å². The monoisotopic (exact) mass is 404 g/mol. The number of amides is 1. The number of anilines is 1. The molecular formula is C22H31FN3OS+. The standard InChI is InChI=1S/C22H30FN3OS/c1-16(24-21(27)22(2,3)4)20(19-6-5-15-28-19)26-13-11-25(12-14-26)18-9-7-17(23)8-10-18/h5-10,15-16,20H,11-14H2,1-4H3,(H,24,27)/p+1/t16-,20+/m1/s1. The van der Waals surface area contributed by atoms with Crippen LogP contribution in [0.4, 0.5) is 10.1 Å². The number of nitrogens with zero attached hydrogens (tertiary/aromatic N) is 1. The molecule has 1 aliphatic heterocycles. The van der Waals surface area contributed by atoms with E-state index in [9.17, 15) is 9.18 Å². The van der Waals surface area contributed by atoms with E-state index in [0.717, 1.165) is 31.9 Å². The van der Waals surface area contributed by atoms with Crippen molar-refractivity contribution < 1.29 is 14.1 Å². The first-order valence-electron chi connectivity index (χ1n) is 9.95. The zero-order chi connectivity index (χ0) is 20.3. The fraction of sp³-hybridized carbons (Fsp3) is 0.500. The quantitative estimate of drug-likeness (QED) is 0.804. The first-order valence-corrected chi connectivity index (χ1v) is 10.8. The highest BCUT2D eigenvalue weighted by Crippen LogP contribution is 2.22. The summed E-state index contributed by atoms with van der Waals surface area (Å²) in [5, 5.41) is 5.35. The van der Waals surface area contributed by atoms with Crippen molar-refractivity contribution in [2.75, 3.05) is 31.1 Å². The van der Waals surface area contributed by atoms with Gasteiger partial charge in [0.1, 0.15) is 11.9 Å². The molecule has 28 heavy (non-hydrogen) atoms. The average Bonchev–Trinajstić information content (AvgIpc) is 3.16. The van der Waals surface area contributed by atoms with Gasteiger partial charge in [0, 0.05) is 11.1 Å². The van der Waals surface area contributed by atoms with Crippen LogP contribution in [0.3, 0.4) is 0 Å². The molecule has 6 heteroatoms. The minimum absolute atomic E-state index is 0.0535. The molecule has 3 rings (SSSR count). The minimum Gasteiger partial charge on any atom is -0.360 e. The summed E-state index contributed by atoms with van der Waals surface area (Å²) in [4.78, 5) is 17.7. The average molecular weight is 405 g/mol. The Hall–Kier alpha value is -1.92. The molecule has 1 aromatic heterocycles. The van der Waals surface area contributed by atoms with Crippen molar-refractivity contribution >= 4 is 22.9 Å². The Balaban J connectivity index is 1.70. The summed E-state index contributed by atoms with van der Waals surface area (Å²) in [6.07, 6.45) is 0. The summed E-state index contributed by atoms with van der Waals surface area (Å²) in [7, 11) is 0. The molecule has 2 heterocycles. The maximum absolute atomic E-state index is 13.2. The molecule has 1 aliphatic rings. The largest absolute Gasteiger partial charge is 0.360 e. The molecule has 2 N–H and O–H groups in total. The molecule has 1 aromatic carbocycles. The highest BCUT2D eigenvalue weighted by Gasteiger charge is 2.35. The number of quaternary nitrogens is 1. The molecule has 1 saturated heterocycles. The summed E-state index contributed by atoms with van der Waals surface area (Å²) in [5.41, 5.74) is 0.674.